The first-order chi connectivity index (χ1) is 6.74. The van der Waals surface area contributed by atoms with E-state index in [9.17, 15) is 4.79 Å². The summed E-state index contributed by atoms with van der Waals surface area (Å²) in [7, 11) is 2.04. The molecule has 0 aromatic carbocycles. The fourth-order valence-electron chi connectivity index (χ4n) is 2.72. The summed E-state index contributed by atoms with van der Waals surface area (Å²) in [5.74, 6) is 0.282. The Morgan fingerprint density at radius 2 is 2.14 bits per heavy atom. The standard InChI is InChI=1S/C10H18N2O2/c1-11-6-12(7-13)10(14)8-4-2-3-5-9(8)11/h8-9,13H,2-7H2,1H3/t8-,9+/m0/s1. The highest BCUT2D eigenvalue weighted by atomic mass is 16.3. The molecule has 4 heteroatoms. The van der Waals surface area contributed by atoms with E-state index >= 15 is 0 Å². The molecule has 0 aromatic rings. The van der Waals surface area contributed by atoms with Crippen LogP contribution in [-0.4, -0.2) is 47.3 Å². The third kappa shape index (κ3) is 1.53. The molecular formula is C10H18N2O2. The Morgan fingerprint density at radius 3 is 2.86 bits per heavy atom. The van der Waals surface area contributed by atoms with Crippen LogP contribution < -0.4 is 0 Å². The number of nitrogens with zero attached hydrogens (tertiary/aromatic N) is 2. The number of rotatable bonds is 1. The van der Waals surface area contributed by atoms with E-state index in [0.29, 0.717) is 12.7 Å². The van der Waals surface area contributed by atoms with Crippen molar-refractivity contribution in [3.8, 4) is 0 Å². The van der Waals surface area contributed by atoms with E-state index in [4.69, 9.17) is 5.11 Å². The van der Waals surface area contributed by atoms with Crippen LogP contribution >= 0.6 is 0 Å². The molecule has 2 atom stereocenters. The zero-order chi connectivity index (χ0) is 10.1. The molecule has 1 saturated heterocycles. The Morgan fingerprint density at radius 1 is 1.43 bits per heavy atom. The number of aliphatic hydroxyl groups excluding tert-OH is 1. The normalized spacial score (nSPS) is 34.4. The van der Waals surface area contributed by atoms with Crippen LogP contribution in [0, 0.1) is 5.92 Å². The van der Waals surface area contributed by atoms with Crippen molar-refractivity contribution in [1.82, 2.24) is 9.80 Å². The molecule has 1 aliphatic carbocycles. The van der Waals surface area contributed by atoms with Crippen LogP contribution in [0.3, 0.4) is 0 Å². The zero-order valence-corrected chi connectivity index (χ0v) is 8.65. The highest BCUT2D eigenvalue weighted by Crippen LogP contribution is 2.32. The summed E-state index contributed by atoms with van der Waals surface area (Å²) in [5, 5.41) is 9.05. The molecule has 0 aromatic heterocycles. The van der Waals surface area contributed by atoms with E-state index in [1.54, 1.807) is 0 Å². The fraction of sp³-hybridized carbons (Fsp3) is 0.900. The topological polar surface area (TPSA) is 43.8 Å². The van der Waals surface area contributed by atoms with Gasteiger partial charge in [0.15, 0.2) is 0 Å². The largest absolute Gasteiger partial charge is 0.376 e. The maximum Gasteiger partial charge on any atom is 0.230 e. The third-order valence-corrected chi connectivity index (χ3v) is 3.49. The van der Waals surface area contributed by atoms with Gasteiger partial charge in [-0.05, 0) is 19.9 Å². The van der Waals surface area contributed by atoms with Gasteiger partial charge >= 0.3 is 0 Å². The Bertz CT molecular complexity index is 232. The molecule has 14 heavy (non-hydrogen) atoms. The summed E-state index contributed by atoms with van der Waals surface area (Å²) >= 11 is 0. The van der Waals surface area contributed by atoms with E-state index in [0.717, 1.165) is 19.3 Å². The highest BCUT2D eigenvalue weighted by molar-refractivity contribution is 5.80. The highest BCUT2D eigenvalue weighted by Gasteiger charge is 2.40. The second-order valence-electron chi connectivity index (χ2n) is 4.38. The Labute approximate surface area is 84.5 Å². The molecule has 1 amide bonds. The Hall–Kier alpha value is -0.610. The van der Waals surface area contributed by atoms with Crippen molar-refractivity contribution in [2.24, 2.45) is 5.92 Å². The number of hydrogen-bond acceptors (Lipinski definition) is 3. The molecule has 80 valence electrons. The summed E-state index contributed by atoms with van der Waals surface area (Å²) < 4.78 is 0. The van der Waals surface area contributed by atoms with Gasteiger partial charge in [-0.3, -0.25) is 9.69 Å². The number of carbonyl (C=O) groups excluding carboxylic acids is 1. The molecule has 1 N–H and O–H groups in total. The summed E-state index contributed by atoms with van der Waals surface area (Å²) in [5.41, 5.74) is 0. The molecule has 0 spiro atoms. The van der Waals surface area contributed by atoms with Gasteiger partial charge in [0.05, 0.1) is 12.6 Å². The molecule has 1 heterocycles. The van der Waals surface area contributed by atoms with E-state index in [-0.39, 0.29) is 18.6 Å². The van der Waals surface area contributed by atoms with Gasteiger partial charge in [0.25, 0.3) is 0 Å². The smallest absolute Gasteiger partial charge is 0.230 e. The van der Waals surface area contributed by atoms with Crippen molar-refractivity contribution in [2.75, 3.05) is 20.4 Å². The lowest BCUT2D eigenvalue weighted by molar-refractivity contribution is -0.154. The maximum absolute atomic E-state index is 11.9. The first-order valence-electron chi connectivity index (χ1n) is 5.34. The number of hydrogen-bond donors (Lipinski definition) is 1. The summed E-state index contributed by atoms with van der Waals surface area (Å²) in [6, 6.07) is 0.416. The van der Waals surface area contributed by atoms with Crippen LogP contribution in [0.4, 0.5) is 0 Å². The minimum Gasteiger partial charge on any atom is -0.376 e. The van der Waals surface area contributed by atoms with Crippen LogP contribution in [0.2, 0.25) is 0 Å². The SMILES string of the molecule is CN1CN(CO)C(=O)[C@H]2CCCC[C@H]21. The second kappa shape index (κ2) is 3.87. The van der Waals surface area contributed by atoms with Gasteiger partial charge in [-0.2, -0.15) is 0 Å². The van der Waals surface area contributed by atoms with Crippen molar-refractivity contribution in [3.05, 3.63) is 0 Å². The van der Waals surface area contributed by atoms with Crippen LogP contribution in [0.1, 0.15) is 25.7 Å². The predicted molar refractivity (Wildman–Crippen MR) is 52.3 cm³/mol. The molecule has 4 nitrogen and oxygen atoms in total. The van der Waals surface area contributed by atoms with Gasteiger partial charge in [0.2, 0.25) is 5.91 Å². The van der Waals surface area contributed by atoms with Gasteiger partial charge < -0.3 is 10.0 Å². The maximum atomic E-state index is 11.9. The van der Waals surface area contributed by atoms with Gasteiger partial charge in [-0.15, -0.1) is 0 Å². The lowest BCUT2D eigenvalue weighted by Gasteiger charge is -2.45. The molecule has 0 bridgehead atoms. The number of amides is 1. The molecule has 1 aliphatic heterocycles. The van der Waals surface area contributed by atoms with Crippen LogP contribution in [0.5, 0.6) is 0 Å². The molecule has 0 radical (unpaired) electrons. The van der Waals surface area contributed by atoms with Gasteiger partial charge in [-0.25, -0.2) is 0 Å². The van der Waals surface area contributed by atoms with Crippen LogP contribution in [0.15, 0.2) is 0 Å². The second-order valence-corrected chi connectivity index (χ2v) is 4.38. The van der Waals surface area contributed by atoms with Gasteiger partial charge in [0.1, 0.15) is 6.73 Å². The van der Waals surface area contributed by atoms with Crippen molar-refractivity contribution in [2.45, 2.75) is 31.7 Å². The van der Waals surface area contributed by atoms with Crippen LogP contribution in [-0.2, 0) is 4.79 Å². The number of carbonyl (C=O) groups is 1. The molecular weight excluding hydrogens is 180 g/mol. The minimum atomic E-state index is -0.146. The van der Waals surface area contributed by atoms with Crippen molar-refractivity contribution >= 4 is 5.91 Å². The Kier molecular flexibility index (Phi) is 2.74. The molecule has 1 saturated carbocycles. The van der Waals surface area contributed by atoms with E-state index in [1.807, 2.05) is 7.05 Å². The van der Waals surface area contributed by atoms with Crippen LogP contribution in [0.25, 0.3) is 0 Å². The lowest BCUT2D eigenvalue weighted by atomic mass is 9.81. The summed E-state index contributed by atoms with van der Waals surface area (Å²) in [6.07, 6.45) is 4.51. The van der Waals surface area contributed by atoms with Crippen molar-refractivity contribution in [3.63, 3.8) is 0 Å². The van der Waals surface area contributed by atoms with Crippen molar-refractivity contribution < 1.29 is 9.90 Å². The number of fused-ring (bicyclic) bond motifs is 1. The van der Waals surface area contributed by atoms with Gasteiger partial charge in [0, 0.05) is 6.04 Å². The molecule has 2 fully saturated rings. The molecule has 2 aliphatic rings. The first-order valence-corrected chi connectivity index (χ1v) is 5.34. The van der Waals surface area contributed by atoms with E-state index in [2.05, 4.69) is 4.90 Å². The Balaban J connectivity index is 2.13. The zero-order valence-electron chi connectivity index (χ0n) is 8.65. The summed E-state index contributed by atoms with van der Waals surface area (Å²) in [4.78, 5) is 15.6. The monoisotopic (exact) mass is 198 g/mol. The average molecular weight is 198 g/mol. The van der Waals surface area contributed by atoms with E-state index in [1.165, 1.54) is 11.3 Å². The summed E-state index contributed by atoms with van der Waals surface area (Å²) in [6.45, 7) is 0.433. The number of aliphatic hydroxyl groups is 1. The first kappa shape index (κ1) is 9.93. The molecule has 2 rings (SSSR count). The minimum absolute atomic E-state index is 0.134. The van der Waals surface area contributed by atoms with E-state index < -0.39 is 0 Å². The lowest BCUT2D eigenvalue weighted by Crippen LogP contribution is -2.58. The predicted octanol–water partition coefficient (Wildman–Crippen LogP) is 0.226. The third-order valence-electron chi connectivity index (χ3n) is 3.49. The quantitative estimate of drug-likeness (QED) is 0.656. The fourth-order valence-corrected chi connectivity index (χ4v) is 2.72. The average Bonchev–Trinajstić information content (AvgIpc) is 2.23. The van der Waals surface area contributed by atoms with Gasteiger partial charge in [-0.1, -0.05) is 12.8 Å². The van der Waals surface area contributed by atoms with Crippen molar-refractivity contribution in [1.29, 1.82) is 0 Å². The molecule has 0 unspecified atom stereocenters.